The van der Waals surface area contributed by atoms with Crippen molar-refractivity contribution < 1.29 is 18.7 Å². The Morgan fingerprint density at radius 1 is 1.28 bits per heavy atom. The van der Waals surface area contributed by atoms with E-state index in [4.69, 9.17) is 14.6 Å². The molecular formula is C25H27N3O4. The first-order chi connectivity index (χ1) is 15.3. The van der Waals surface area contributed by atoms with Gasteiger partial charge in [0.1, 0.15) is 17.1 Å². The number of carbonyl (C=O) groups excluding carboxylic acids is 2. The Morgan fingerprint density at radius 2 is 2.06 bits per heavy atom. The number of nitrogens with zero attached hydrogens (tertiary/aromatic N) is 1. The minimum absolute atomic E-state index is 0.00797. The van der Waals surface area contributed by atoms with E-state index in [-0.39, 0.29) is 5.91 Å². The maximum atomic E-state index is 13.0. The van der Waals surface area contributed by atoms with E-state index in [9.17, 15) is 9.59 Å². The predicted molar refractivity (Wildman–Crippen MR) is 124 cm³/mol. The van der Waals surface area contributed by atoms with Crippen molar-refractivity contribution in [2.45, 2.75) is 34.1 Å². The monoisotopic (exact) mass is 433 g/mol. The van der Waals surface area contributed by atoms with Gasteiger partial charge in [0.15, 0.2) is 12.0 Å². The molecule has 7 nitrogen and oxygen atoms in total. The van der Waals surface area contributed by atoms with Gasteiger partial charge in [0.05, 0.1) is 16.8 Å². The van der Waals surface area contributed by atoms with Gasteiger partial charge in [-0.1, -0.05) is 6.92 Å². The van der Waals surface area contributed by atoms with E-state index in [2.05, 4.69) is 11.9 Å². The molecule has 2 N–H and O–H groups in total. The van der Waals surface area contributed by atoms with Gasteiger partial charge in [-0.2, -0.15) is 0 Å². The summed E-state index contributed by atoms with van der Waals surface area (Å²) in [7, 11) is 0. The molecule has 0 aliphatic carbocycles. The molecule has 1 amide bonds. The molecule has 3 aromatic rings. The molecule has 1 atom stereocenters. The Morgan fingerprint density at radius 3 is 2.72 bits per heavy atom. The first-order valence-corrected chi connectivity index (χ1v) is 10.7. The van der Waals surface area contributed by atoms with E-state index in [1.165, 1.54) is 0 Å². The van der Waals surface area contributed by atoms with Gasteiger partial charge in [-0.25, -0.2) is 0 Å². The summed E-state index contributed by atoms with van der Waals surface area (Å²) < 4.78 is 12.0. The highest BCUT2D eigenvalue weighted by atomic mass is 16.5. The minimum atomic E-state index is 0.00797. The van der Waals surface area contributed by atoms with Crippen LogP contribution in [-0.2, 0) is 0 Å². The van der Waals surface area contributed by atoms with Crippen LogP contribution < -0.4 is 4.74 Å². The molecule has 1 saturated heterocycles. The number of amides is 1. The van der Waals surface area contributed by atoms with E-state index < -0.39 is 0 Å². The third kappa shape index (κ3) is 3.64. The summed E-state index contributed by atoms with van der Waals surface area (Å²) in [6.07, 6.45) is 6.21. The van der Waals surface area contributed by atoms with Gasteiger partial charge in [0, 0.05) is 42.5 Å². The highest BCUT2D eigenvalue weighted by Gasteiger charge is 2.27. The summed E-state index contributed by atoms with van der Waals surface area (Å²) in [4.78, 5) is 29.4. The zero-order valence-electron chi connectivity index (χ0n) is 18.7. The van der Waals surface area contributed by atoms with Gasteiger partial charge in [-0.05, 0) is 50.8 Å². The summed E-state index contributed by atoms with van der Waals surface area (Å²) in [6.45, 7) is 9.18. The number of likely N-dealkylation sites (tertiary alicyclic amines) is 1. The van der Waals surface area contributed by atoms with E-state index in [0.29, 0.717) is 45.6 Å². The van der Waals surface area contributed by atoms with E-state index in [1.807, 2.05) is 18.7 Å². The Hall–Kier alpha value is -3.61. The molecular weight excluding hydrogens is 406 g/mol. The highest BCUT2D eigenvalue weighted by molar-refractivity contribution is 5.99. The lowest BCUT2D eigenvalue weighted by atomic mass is 10.1. The number of aryl methyl sites for hydroxylation is 2. The standard InChI is InChI=1S/C25H27N3O4/c1-14-8-10-28(12-14)25(30)19-11-27-23(15(19)2)22(7-9-26)32-21-6-5-18-20(13-29)17(4)31-24(18)16(21)3/h5-7,9,11,13-14,26-27H,8,10,12H2,1-4H3/b22-7+,26-9?. The SMILES string of the molecule is Cc1oc2c(C)c(O/C(=C/C=N)c3[nH]cc(C(=O)N4CCC(C)C4)c3C)ccc2c1C=O. The molecule has 0 radical (unpaired) electrons. The maximum absolute atomic E-state index is 13.0. The number of aldehydes is 1. The van der Waals surface area contributed by atoms with Crippen molar-refractivity contribution in [2.75, 3.05) is 13.1 Å². The molecule has 4 rings (SSSR count). The molecule has 3 heterocycles. The number of ether oxygens (including phenoxy) is 1. The van der Waals surface area contributed by atoms with E-state index in [1.54, 1.807) is 31.3 Å². The molecule has 1 aliphatic heterocycles. The Kier molecular flexibility index (Phi) is 5.74. The van der Waals surface area contributed by atoms with Crippen molar-refractivity contribution in [2.24, 2.45) is 5.92 Å². The van der Waals surface area contributed by atoms with Gasteiger partial charge in [-0.3, -0.25) is 9.59 Å². The largest absolute Gasteiger partial charge is 0.460 e. The number of carbonyl (C=O) groups is 2. The summed E-state index contributed by atoms with van der Waals surface area (Å²) in [5.74, 6) is 2.05. The lowest BCUT2D eigenvalue weighted by Crippen LogP contribution is -2.28. The number of aromatic amines is 1. The zero-order chi connectivity index (χ0) is 23.0. The number of nitrogens with one attached hydrogen (secondary N) is 2. The Balaban J connectivity index is 1.67. The summed E-state index contributed by atoms with van der Waals surface area (Å²) in [5.41, 5.74) is 3.91. The first kappa shape index (κ1) is 21.6. The number of fused-ring (bicyclic) bond motifs is 1. The van der Waals surface area contributed by atoms with Gasteiger partial charge in [0.2, 0.25) is 0 Å². The molecule has 32 heavy (non-hydrogen) atoms. The van der Waals surface area contributed by atoms with Crippen LogP contribution in [0, 0.1) is 32.1 Å². The van der Waals surface area contributed by atoms with Crippen LogP contribution in [0.15, 0.2) is 28.8 Å². The van der Waals surface area contributed by atoms with Crippen molar-refractivity contribution in [1.29, 1.82) is 5.41 Å². The average molecular weight is 434 g/mol. The number of benzene rings is 1. The summed E-state index contributed by atoms with van der Waals surface area (Å²) >= 11 is 0. The molecule has 1 aliphatic rings. The normalized spacial score (nSPS) is 16.6. The van der Waals surface area contributed by atoms with Crippen LogP contribution in [0.2, 0.25) is 0 Å². The fourth-order valence-corrected chi connectivity index (χ4v) is 4.30. The molecule has 2 aromatic heterocycles. The third-order valence-corrected chi connectivity index (χ3v) is 6.18. The van der Waals surface area contributed by atoms with Crippen molar-refractivity contribution in [1.82, 2.24) is 9.88 Å². The first-order valence-electron chi connectivity index (χ1n) is 10.7. The second-order valence-electron chi connectivity index (χ2n) is 8.40. The fraction of sp³-hybridized carbons (Fsp3) is 0.320. The maximum Gasteiger partial charge on any atom is 0.255 e. The van der Waals surface area contributed by atoms with E-state index in [0.717, 1.165) is 48.5 Å². The Labute approximate surface area is 186 Å². The molecule has 1 unspecified atom stereocenters. The number of rotatable bonds is 6. The molecule has 1 fully saturated rings. The predicted octanol–water partition coefficient (Wildman–Crippen LogP) is 5.05. The lowest BCUT2D eigenvalue weighted by Gasteiger charge is -2.16. The lowest BCUT2D eigenvalue weighted by molar-refractivity contribution is 0.0787. The fourth-order valence-electron chi connectivity index (χ4n) is 4.30. The third-order valence-electron chi connectivity index (χ3n) is 6.18. The van der Waals surface area contributed by atoms with Crippen molar-refractivity contribution in [3.05, 3.63) is 58.1 Å². The van der Waals surface area contributed by atoms with Crippen molar-refractivity contribution in [3.8, 4) is 5.75 Å². The number of hydrogen-bond donors (Lipinski definition) is 2. The summed E-state index contributed by atoms with van der Waals surface area (Å²) in [5, 5.41) is 8.32. The minimum Gasteiger partial charge on any atom is -0.460 e. The quantitative estimate of drug-likeness (QED) is 0.323. The van der Waals surface area contributed by atoms with Crippen LogP contribution in [0.4, 0.5) is 0 Å². The second-order valence-corrected chi connectivity index (χ2v) is 8.40. The van der Waals surface area contributed by atoms with Gasteiger partial charge in [0.25, 0.3) is 5.91 Å². The number of hydrogen-bond acceptors (Lipinski definition) is 5. The molecule has 0 saturated carbocycles. The molecule has 0 spiro atoms. The van der Waals surface area contributed by atoms with Crippen LogP contribution in [-0.4, -0.2) is 41.4 Å². The summed E-state index contributed by atoms with van der Waals surface area (Å²) in [6, 6.07) is 3.58. The van der Waals surface area contributed by atoms with Gasteiger partial charge >= 0.3 is 0 Å². The Bertz CT molecular complexity index is 1250. The van der Waals surface area contributed by atoms with Crippen LogP contribution >= 0.6 is 0 Å². The van der Waals surface area contributed by atoms with Crippen LogP contribution in [0.25, 0.3) is 16.7 Å². The molecule has 1 aromatic carbocycles. The number of aromatic nitrogens is 1. The molecule has 7 heteroatoms. The van der Waals surface area contributed by atoms with Crippen molar-refractivity contribution >= 4 is 35.1 Å². The topological polar surface area (TPSA) is 99.4 Å². The number of furan rings is 1. The molecule has 166 valence electrons. The van der Waals surface area contributed by atoms with E-state index >= 15 is 0 Å². The second kappa shape index (κ2) is 8.49. The smallest absolute Gasteiger partial charge is 0.255 e. The van der Waals surface area contributed by atoms with Crippen molar-refractivity contribution in [3.63, 3.8) is 0 Å². The van der Waals surface area contributed by atoms with Crippen LogP contribution in [0.5, 0.6) is 5.75 Å². The van der Waals surface area contributed by atoms with Crippen LogP contribution in [0.3, 0.4) is 0 Å². The van der Waals surface area contributed by atoms with Gasteiger partial charge < -0.3 is 24.4 Å². The number of allylic oxidation sites excluding steroid dienone is 1. The average Bonchev–Trinajstić information content (AvgIpc) is 3.46. The highest BCUT2D eigenvalue weighted by Crippen LogP contribution is 2.35. The zero-order valence-corrected chi connectivity index (χ0v) is 18.7. The number of H-pyrrole nitrogens is 1. The van der Waals surface area contributed by atoms with Crippen LogP contribution in [0.1, 0.15) is 56.6 Å². The van der Waals surface area contributed by atoms with Gasteiger partial charge in [-0.15, -0.1) is 0 Å². The molecule has 0 bridgehead atoms.